The monoisotopic (exact) mass is 431 g/mol. The molecule has 2 aromatic carbocycles. The van der Waals surface area contributed by atoms with Crippen LogP contribution in [0.3, 0.4) is 0 Å². The maximum atomic E-state index is 12.9. The molecule has 1 fully saturated rings. The van der Waals surface area contributed by atoms with Gasteiger partial charge in [0.2, 0.25) is 10.0 Å². The Labute approximate surface area is 174 Å². The quantitative estimate of drug-likeness (QED) is 0.649. The van der Waals surface area contributed by atoms with E-state index < -0.39 is 10.0 Å². The topological polar surface area (TPSA) is 82.3 Å². The van der Waals surface area contributed by atoms with Gasteiger partial charge in [-0.1, -0.05) is 29.8 Å². The summed E-state index contributed by atoms with van der Waals surface area (Å²) in [6.45, 7) is 1.31. The van der Waals surface area contributed by atoms with Crippen LogP contribution in [0.1, 0.15) is 34.7 Å². The minimum atomic E-state index is -3.48. The lowest BCUT2D eigenvalue weighted by atomic mass is 9.89. The van der Waals surface area contributed by atoms with Gasteiger partial charge < -0.3 is 9.88 Å². The Kier molecular flexibility index (Phi) is 5.27. The van der Waals surface area contributed by atoms with E-state index in [2.05, 4.69) is 28.0 Å². The molecule has 0 radical (unpaired) electrons. The zero-order chi connectivity index (χ0) is 20.6. The summed E-state index contributed by atoms with van der Waals surface area (Å²) in [5, 5.41) is 1.50. The highest BCUT2D eigenvalue weighted by Gasteiger charge is 2.26. The molecule has 2 heterocycles. The smallest absolute Gasteiger partial charge is 0.253 e. The van der Waals surface area contributed by atoms with E-state index in [0.29, 0.717) is 24.6 Å². The number of piperidine rings is 1. The molecule has 0 bridgehead atoms. The fourth-order valence-corrected chi connectivity index (χ4v) is 4.73. The number of likely N-dealkylation sites (tertiary alicyclic amines) is 1. The molecule has 0 saturated carbocycles. The van der Waals surface area contributed by atoms with E-state index >= 15 is 0 Å². The first kappa shape index (κ1) is 19.8. The molecule has 1 aliphatic rings. The molecule has 0 aliphatic carbocycles. The number of nitrogens with zero attached hydrogens (tertiary/aromatic N) is 1. The average molecular weight is 432 g/mol. The standard InChI is InChI=1S/C21H22ClN3O3S/c1-29(27,28)24-20-12-15(6-7-18(20)22)21(26)25-10-8-14(9-11-25)17-13-23-19-5-3-2-4-16(17)19/h2-7,12-14,23-24H,8-11H2,1H3. The van der Waals surface area contributed by atoms with Crippen molar-refractivity contribution in [1.82, 2.24) is 9.88 Å². The molecule has 6 nitrogen and oxygen atoms in total. The Hall–Kier alpha value is -2.51. The molecule has 2 N–H and O–H groups in total. The number of benzene rings is 2. The van der Waals surface area contributed by atoms with Gasteiger partial charge in [-0.05, 0) is 48.6 Å². The van der Waals surface area contributed by atoms with Crippen LogP contribution >= 0.6 is 11.6 Å². The molecular weight excluding hydrogens is 410 g/mol. The van der Waals surface area contributed by atoms with Crippen molar-refractivity contribution in [2.45, 2.75) is 18.8 Å². The third-order valence-corrected chi connectivity index (χ3v) is 6.27. The fraction of sp³-hybridized carbons (Fsp3) is 0.286. The molecule has 1 amide bonds. The minimum Gasteiger partial charge on any atom is -0.361 e. The number of rotatable bonds is 4. The van der Waals surface area contributed by atoms with Gasteiger partial charge in [0.15, 0.2) is 0 Å². The van der Waals surface area contributed by atoms with Crippen molar-refractivity contribution in [3.8, 4) is 0 Å². The van der Waals surface area contributed by atoms with E-state index in [-0.39, 0.29) is 16.6 Å². The summed E-state index contributed by atoms with van der Waals surface area (Å²) >= 11 is 6.06. The number of H-pyrrole nitrogens is 1. The second-order valence-corrected chi connectivity index (χ2v) is 9.58. The maximum absolute atomic E-state index is 12.9. The van der Waals surface area contributed by atoms with E-state index in [1.165, 1.54) is 17.0 Å². The molecule has 0 spiro atoms. The van der Waals surface area contributed by atoms with E-state index in [1.54, 1.807) is 12.1 Å². The number of nitrogens with one attached hydrogen (secondary N) is 2. The van der Waals surface area contributed by atoms with Crippen LogP contribution in [0.25, 0.3) is 10.9 Å². The Morgan fingerprint density at radius 2 is 1.90 bits per heavy atom. The number of para-hydroxylation sites is 1. The third-order valence-electron chi connectivity index (χ3n) is 5.35. The van der Waals surface area contributed by atoms with Crippen LogP contribution in [0.5, 0.6) is 0 Å². The number of anilines is 1. The van der Waals surface area contributed by atoms with Gasteiger partial charge in [-0.15, -0.1) is 0 Å². The van der Waals surface area contributed by atoms with E-state index in [1.807, 2.05) is 17.0 Å². The number of fused-ring (bicyclic) bond motifs is 1. The highest BCUT2D eigenvalue weighted by atomic mass is 35.5. The molecule has 3 aromatic rings. The van der Waals surface area contributed by atoms with Crippen LogP contribution < -0.4 is 4.72 Å². The number of aromatic nitrogens is 1. The van der Waals surface area contributed by atoms with Gasteiger partial charge >= 0.3 is 0 Å². The highest BCUT2D eigenvalue weighted by Crippen LogP contribution is 2.34. The fourth-order valence-electron chi connectivity index (χ4n) is 3.94. The Morgan fingerprint density at radius 1 is 1.17 bits per heavy atom. The molecule has 1 aliphatic heterocycles. The van der Waals surface area contributed by atoms with Gasteiger partial charge in [-0.3, -0.25) is 9.52 Å². The number of carbonyl (C=O) groups is 1. The summed E-state index contributed by atoms with van der Waals surface area (Å²) < 4.78 is 25.4. The molecule has 0 unspecified atom stereocenters. The van der Waals surface area contributed by atoms with Crippen LogP contribution in [0.2, 0.25) is 5.02 Å². The molecule has 0 atom stereocenters. The molecular formula is C21H22ClN3O3S. The van der Waals surface area contributed by atoms with Gasteiger partial charge in [-0.25, -0.2) is 8.42 Å². The van der Waals surface area contributed by atoms with Gasteiger partial charge in [0.25, 0.3) is 5.91 Å². The summed E-state index contributed by atoms with van der Waals surface area (Å²) in [5.74, 6) is 0.290. The van der Waals surface area contributed by atoms with Crippen molar-refractivity contribution in [3.63, 3.8) is 0 Å². The van der Waals surface area contributed by atoms with Gasteiger partial charge in [0.1, 0.15) is 0 Å². The molecule has 1 saturated heterocycles. The van der Waals surface area contributed by atoms with Crippen LogP contribution in [-0.2, 0) is 10.0 Å². The first-order valence-electron chi connectivity index (χ1n) is 9.44. The predicted octanol–water partition coefficient (Wildman–Crippen LogP) is 4.21. The van der Waals surface area contributed by atoms with Gasteiger partial charge in [0, 0.05) is 35.8 Å². The molecule has 8 heteroatoms. The summed E-state index contributed by atoms with van der Waals surface area (Å²) in [6, 6.07) is 12.9. The van der Waals surface area contributed by atoms with Crippen molar-refractivity contribution in [1.29, 1.82) is 0 Å². The Bertz CT molecular complexity index is 1160. The number of amides is 1. The predicted molar refractivity (Wildman–Crippen MR) is 116 cm³/mol. The van der Waals surface area contributed by atoms with Crippen molar-refractivity contribution in [2.24, 2.45) is 0 Å². The summed E-state index contributed by atoms with van der Waals surface area (Å²) in [6.07, 6.45) is 4.90. The number of halogens is 1. The molecule has 29 heavy (non-hydrogen) atoms. The van der Waals surface area contributed by atoms with Crippen LogP contribution in [0.4, 0.5) is 5.69 Å². The number of aromatic amines is 1. The molecule has 4 rings (SSSR count). The van der Waals surface area contributed by atoms with Crippen LogP contribution in [-0.4, -0.2) is 43.6 Å². The van der Waals surface area contributed by atoms with E-state index in [9.17, 15) is 13.2 Å². The normalized spacial score (nSPS) is 15.6. The summed E-state index contributed by atoms with van der Waals surface area (Å²) in [5.41, 5.74) is 3.08. The minimum absolute atomic E-state index is 0.115. The molecule has 1 aromatic heterocycles. The van der Waals surface area contributed by atoms with Crippen LogP contribution in [0, 0.1) is 0 Å². The lowest BCUT2D eigenvalue weighted by Crippen LogP contribution is -2.37. The number of hydrogen-bond acceptors (Lipinski definition) is 3. The van der Waals surface area contributed by atoms with Crippen molar-refractivity contribution in [3.05, 3.63) is 64.8 Å². The third kappa shape index (κ3) is 4.26. The lowest BCUT2D eigenvalue weighted by Gasteiger charge is -2.32. The first-order chi connectivity index (χ1) is 13.8. The van der Waals surface area contributed by atoms with E-state index in [0.717, 1.165) is 24.6 Å². The largest absolute Gasteiger partial charge is 0.361 e. The van der Waals surface area contributed by atoms with Crippen molar-refractivity contribution in [2.75, 3.05) is 24.1 Å². The Morgan fingerprint density at radius 3 is 2.62 bits per heavy atom. The number of hydrogen-bond donors (Lipinski definition) is 2. The second kappa shape index (κ2) is 7.72. The number of sulfonamides is 1. The van der Waals surface area contributed by atoms with Gasteiger partial charge in [0.05, 0.1) is 17.0 Å². The summed E-state index contributed by atoms with van der Waals surface area (Å²) in [4.78, 5) is 18.1. The Balaban J connectivity index is 1.47. The second-order valence-electron chi connectivity index (χ2n) is 7.42. The molecule has 152 valence electrons. The average Bonchev–Trinajstić information content (AvgIpc) is 3.12. The number of carbonyl (C=O) groups excluding carboxylic acids is 1. The van der Waals surface area contributed by atoms with Crippen molar-refractivity contribution < 1.29 is 13.2 Å². The maximum Gasteiger partial charge on any atom is 0.253 e. The first-order valence-corrected chi connectivity index (χ1v) is 11.7. The van der Waals surface area contributed by atoms with E-state index in [4.69, 9.17) is 11.6 Å². The highest BCUT2D eigenvalue weighted by molar-refractivity contribution is 7.92. The lowest BCUT2D eigenvalue weighted by molar-refractivity contribution is 0.0713. The summed E-state index contributed by atoms with van der Waals surface area (Å²) in [7, 11) is -3.48. The van der Waals surface area contributed by atoms with Gasteiger partial charge in [-0.2, -0.15) is 0 Å². The zero-order valence-corrected chi connectivity index (χ0v) is 17.6. The SMILES string of the molecule is CS(=O)(=O)Nc1cc(C(=O)N2CCC(c3c[nH]c4ccccc34)CC2)ccc1Cl. The van der Waals surface area contributed by atoms with Crippen molar-refractivity contribution >= 4 is 44.1 Å². The van der Waals surface area contributed by atoms with Crippen LogP contribution in [0.15, 0.2) is 48.7 Å². The zero-order valence-electron chi connectivity index (χ0n) is 16.0.